The third kappa shape index (κ3) is 2.40. The van der Waals surface area contributed by atoms with Crippen LogP contribution in [0.3, 0.4) is 0 Å². The van der Waals surface area contributed by atoms with E-state index in [9.17, 15) is 4.79 Å². The molecule has 0 spiro atoms. The zero-order chi connectivity index (χ0) is 12.3. The first-order valence-corrected chi connectivity index (χ1v) is 5.42. The summed E-state index contributed by atoms with van der Waals surface area (Å²) in [4.78, 5) is 12.4. The van der Waals surface area contributed by atoms with Gasteiger partial charge in [0.1, 0.15) is 6.79 Å². The molecule has 1 aromatic carbocycles. The summed E-state index contributed by atoms with van der Waals surface area (Å²) in [6.07, 6.45) is -0.826. The minimum absolute atomic E-state index is 0.0722. The molecule has 0 saturated carbocycles. The Bertz CT molecular complexity index is 407. The van der Waals surface area contributed by atoms with Crippen molar-refractivity contribution in [2.24, 2.45) is 0 Å². The van der Waals surface area contributed by atoms with Crippen molar-refractivity contribution in [2.75, 3.05) is 20.4 Å². The average Bonchev–Trinajstić information content (AvgIpc) is 2.35. The molecule has 1 aliphatic heterocycles. The molecule has 92 valence electrons. The zero-order valence-corrected chi connectivity index (χ0v) is 9.63. The van der Waals surface area contributed by atoms with Crippen LogP contribution in [-0.2, 0) is 15.9 Å². The molecule has 5 nitrogen and oxygen atoms in total. The molecule has 2 rings (SSSR count). The van der Waals surface area contributed by atoms with Gasteiger partial charge < -0.3 is 14.6 Å². The quantitative estimate of drug-likeness (QED) is 0.815. The summed E-state index contributed by atoms with van der Waals surface area (Å²) in [7, 11) is 1.51. The molecule has 1 aliphatic rings. The first-order chi connectivity index (χ1) is 8.24. The fourth-order valence-corrected chi connectivity index (χ4v) is 2.04. The fraction of sp³-hybridized carbons (Fsp3) is 0.417. The predicted octanol–water partition coefficient (Wildman–Crippen LogP) is 1.84. The fourth-order valence-electron chi connectivity index (χ4n) is 2.04. The number of ether oxygens (including phenoxy) is 2. The van der Waals surface area contributed by atoms with Gasteiger partial charge in [-0.1, -0.05) is 24.3 Å². The molecular weight excluding hydrogens is 222 g/mol. The standard InChI is InChI=1S/C12H15NO4/c1-16-8-17-11-10-5-3-2-4-9(10)6-7-13(11)12(14)15/h2-5,11H,6-8H2,1H3,(H,14,15). The summed E-state index contributed by atoms with van der Waals surface area (Å²) >= 11 is 0. The van der Waals surface area contributed by atoms with Crippen molar-refractivity contribution in [3.05, 3.63) is 35.4 Å². The van der Waals surface area contributed by atoms with Crippen molar-refractivity contribution in [1.82, 2.24) is 4.90 Å². The van der Waals surface area contributed by atoms with Crippen LogP contribution in [0, 0.1) is 0 Å². The number of fused-ring (bicyclic) bond motifs is 1. The van der Waals surface area contributed by atoms with Gasteiger partial charge in [-0.25, -0.2) is 4.79 Å². The highest BCUT2D eigenvalue weighted by atomic mass is 16.7. The van der Waals surface area contributed by atoms with E-state index in [2.05, 4.69) is 0 Å². The van der Waals surface area contributed by atoms with Crippen LogP contribution in [0.15, 0.2) is 24.3 Å². The van der Waals surface area contributed by atoms with Crippen LogP contribution < -0.4 is 0 Å². The van der Waals surface area contributed by atoms with Gasteiger partial charge in [-0.15, -0.1) is 0 Å². The topological polar surface area (TPSA) is 59.0 Å². The lowest BCUT2D eigenvalue weighted by molar-refractivity contribution is -0.128. The van der Waals surface area contributed by atoms with E-state index in [-0.39, 0.29) is 6.79 Å². The van der Waals surface area contributed by atoms with E-state index in [0.717, 1.165) is 17.5 Å². The molecule has 1 N–H and O–H groups in total. The number of nitrogens with zero attached hydrogens (tertiary/aromatic N) is 1. The van der Waals surface area contributed by atoms with Crippen molar-refractivity contribution < 1.29 is 19.4 Å². The summed E-state index contributed by atoms with van der Waals surface area (Å²) < 4.78 is 10.3. The van der Waals surface area contributed by atoms with Gasteiger partial charge in [0.2, 0.25) is 0 Å². The molecule has 1 heterocycles. The van der Waals surface area contributed by atoms with E-state index in [0.29, 0.717) is 6.54 Å². The van der Waals surface area contributed by atoms with Gasteiger partial charge in [0.25, 0.3) is 0 Å². The number of hydrogen-bond donors (Lipinski definition) is 1. The average molecular weight is 237 g/mol. The lowest BCUT2D eigenvalue weighted by Crippen LogP contribution is -2.40. The van der Waals surface area contributed by atoms with Gasteiger partial charge in [0.05, 0.1) is 0 Å². The van der Waals surface area contributed by atoms with Gasteiger partial charge >= 0.3 is 6.09 Å². The monoisotopic (exact) mass is 237 g/mol. The number of methoxy groups -OCH3 is 1. The Morgan fingerprint density at radius 1 is 1.53 bits per heavy atom. The van der Waals surface area contributed by atoms with Crippen LogP contribution >= 0.6 is 0 Å². The third-order valence-corrected chi connectivity index (χ3v) is 2.82. The molecule has 0 aromatic heterocycles. The highest BCUT2D eigenvalue weighted by Gasteiger charge is 2.31. The van der Waals surface area contributed by atoms with Crippen LogP contribution in [0.2, 0.25) is 0 Å². The lowest BCUT2D eigenvalue weighted by Gasteiger charge is -2.34. The van der Waals surface area contributed by atoms with E-state index in [4.69, 9.17) is 14.6 Å². The Morgan fingerprint density at radius 3 is 3.00 bits per heavy atom. The molecule has 17 heavy (non-hydrogen) atoms. The van der Waals surface area contributed by atoms with Gasteiger partial charge in [-0.3, -0.25) is 4.90 Å². The minimum atomic E-state index is -0.972. The molecule has 1 atom stereocenters. The number of carbonyl (C=O) groups is 1. The zero-order valence-electron chi connectivity index (χ0n) is 9.63. The number of carboxylic acid groups (broad SMARTS) is 1. The van der Waals surface area contributed by atoms with E-state index >= 15 is 0 Å². The molecule has 5 heteroatoms. The summed E-state index contributed by atoms with van der Waals surface area (Å²) in [5.41, 5.74) is 2.03. The van der Waals surface area contributed by atoms with Crippen LogP contribution in [0.25, 0.3) is 0 Å². The number of amides is 1. The van der Waals surface area contributed by atoms with E-state index in [1.807, 2.05) is 24.3 Å². The molecular formula is C12H15NO4. The predicted molar refractivity (Wildman–Crippen MR) is 60.6 cm³/mol. The largest absolute Gasteiger partial charge is 0.465 e. The Hall–Kier alpha value is -1.59. The molecule has 0 radical (unpaired) electrons. The second kappa shape index (κ2) is 5.16. The summed E-state index contributed by atoms with van der Waals surface area (Å²) in [5.74, 6) is 0. The Kier molecular flexibility index (Phi) is 3.61. The maximum Gasteiger partial charge on any atom is 0.409 e. The Labute approximate surface area is 99.6 Å². The van der Waals surface area contributed by atoms with Crippen molar-refractivity contribution in [2.45, 2.75) is 12.6 Å². The van der Waals surface area contributed by atoms with Crippen LogP contribution in [0.5, 0.6) is 0 Å². The smallest absolute Gasteiger partial charge is 0.409 e. The molecule has 0 saturated heterocycles. The van der Waals surface area contributed by atoms with Gasteiger partial charge in [-0.05, 0) is 12.0 Å². The summed E-state index contributed by atoms with van der Waals surface area (Å²) in [5, 5.41) is 9.14. The number of benzene rings is 1. The normalized spacial score (nSPS) is 18.9. The first-order valence-electron chi connectivity index (χ1n) is 5.42. The first kappa shape index (κ1) is 11.9. The molecule has 1 unspecified atom stereocenters. The maximum atomic E-state index is 11.1. The highest BCUT2D eigenvalue weighted by Crippen LogP contribution is 2.30. The van der Waals surface area contributed by atoms with Crippen molar-refractivity contribution >= 4 is 6.09 Å². The molecule has 1 aromatic rings. The second-order valence-corrected chi connectivity index (χ2v) is 3.85. The molecule has 0 fully saturated rings. The number of rotatable bonds is 3. The molecule has 0 bridgehead atoms. The van der Waals surface area contributed by atoms with Crippen molar-refractivity contribution in [1.29, 1.82) is 0 Å². The van der Waals surface area contributed by atoms with E-state index < -0.39 is 12.3 Å². The second-order valence-electron chi connectivity index (χ2n) is 3.85. The minimum Gasteiger partial charge on any atom is -0.465 e. The van der Waals surface area contributed by atoms with Crippen LogP contribution in [-0.4, -0.2) is 36.5 Å². The Morgan fingerprint density at radius 2 is 2.29 bits per heavy atom. The third-order valence-electron chi connectivity index (χ3n) is 2.82. The lowest BCUT2D eigenvalue weighted by atomic mass is 9.98. The van der Waals surface area contributed by atoms with E-state index in [1.165, 1.54) is 12.0 Å². The van der Waals surface area contributed by atoms with Crippen molar-refractivity contribution in [3.8, 4) is 0 Å². The molecule has 0 aliphatic carbocycles. The maximum absolute atomic E-state index is 11.1. The number of hydrogen-bond acceptors (Lipinski definition) is 3. The van der Waals surface area contributed by atoms with Crippen LogP contribution in [0.4, 0.5) is 4.79 Å². The Balaban J connectivity index is 2.28. The van der Waals surface area contributed by atoms with E-state index in [1.54, 1.807) is 0 Å². The SMILES string of the molecule is COCOC1c2ccccc2CCN1C(=O)O. The highest BCUT2D eigenvalue weighted by molar-refractivity contribution is 5.66. The van der Waals surface area contributed by atoms with Gasteiger partial charge in [0, 0.05) is 19.2 Å². The summed E-state index contributed by atoms with van der Waals surface area (Å²) in [6, 6.07) is 7.72. The van der Waals surface area contributed by atoms with Gasteiger partial charge in [-0.2, -0.15) is 0 Å². The van der Waals surface area contributed by atoms with Crippen LogP contribution in [0.1, 0.15) is 17.4 Å². The van der Waals surface area contributed by atoms with Gasteiger partial charge in [0.15, 0.2) is 6.23 Å². The van der Waals surface area contributed by atoms with Crippen molar-refractivity contribution in [3.63, 3.8) is 0 Å². The summed E-state index contributed by atoms with van der Waals surface area (Å²) in [6.45, 7) is 0.517. The molecule has 1 amide bonds.